The van der Waals surface area contributed by atoms with Crippen LogP contribution in [0.1, 0.15) is 11.1 Å². The van der Waals surface area contributed by atoms with Crippen molar-refractivity contribution >= 4 is 10.9 Å². The summed E-state index contributed by atoms with van der Waals surface area (Å²) < 4.78 is 1.80. The average Bonchev–Trinajstić information content (AvgIpc) is 2.49. The van der Waals surface area contributed by atoms with E-state index in [0.29, 0.717) is 0 Å². The molecule has 0 aliphatic heterocycles. The molecule has 1 aromatic heterocycles. The lowest BCUT2D eigenvalue weighted by Crippen LogP contribution is -1.93. The number of aryl methyl sites for hydroxylation is 2. The summed E-state index contributed by atoms with van der Waals surface area (Å²) in [7, 11) is 1.89. The quantitative estimate of drug-likeness (QED) is 0.606. The highest BCUT2D eigenvalue weighted by Crippen LogP contribution is 2.20. The van der Waals surface area contributed by atoms with Crippen molar-refractivity contribution in [3.63, 3.8) is 0 Å². The van der Waals surface area contributed by atoms with Crippen LogP contribution in [0.3, 0.4) is 0 Å². The van der Waals surface area contributed by atoms with Gasteiger partial charge in [0, 0.05) is 12.4 Å². The first-order valence-electron chi connectivity index (χ1n) is 4.05. The van der Waals surface area contributed by atoms with Crippen LogP contribution < -0.4 is 0 Å². The largest absolute Gasteiger partial charge is 0.268 e. The van der Waals surface area contributed by atoms with Crippen molar-refractivity contribution in [1.82, 2.24) is 9.78 Å². The molecule has 1 heterocycles. The maximum absolute atomic E-state index is 8.83. The van der Waals surface area contributed by atoms with E-state index in [2.05, 4.69) is 11.2 Å². The zero-order valence-electron chi connectivity index (χ0n) is 7.57. The van der Waals surface area contributed by atoms with E-state index in [0.717, 1.165) is 22.0 Å². The topological polar surface area (TPSA) is 41.6 Å². The van der Waals surface area contributed by atoms with Crippen LogP contribution in [0, 0.1) is 18.3 Å². The molecule has 1 aromatic carbocycles. The Morgan fingerprint density at radius 1 is 1.46 bits per heavy atom. The summed E-state index contributed by atoms with van der Waals surface area (Å²) >= 11 is 0. The van der Waals surface area contributed by atoms with Crippen LogP contribution in [0.4, 0.5) is 0 Å². The molecule has 0 amide bonds. The maximum Gasteiger partial charge on any atom is 0.0995 e. The molecule has 0 saturated carbocycles. The summed E-state index contributed by atoms with van der Waals surface area (Å²) in [6.45, 7) is 1.95. The van der Waals surface area contributed by atoms with Gasteiger partial charge >= 0.3 is 0 Å². The molecule has 3 nitrogen and oxygen atoms in total. The second kappa shape index (κ2) is 2.60. The minimum absolute atomic E-state index is 0.719. The molecule has 0 atom stereocenters. The van der Waals surface area contributed by atoms with Crippen molar-refractivity contribution in [2.75, 3.05) is 0 Å². The maximum atomic E-state index is 8.83. The van der Waals surface area contributed by atoms with Crippen molar-refractivity contribution in [3.05, 3.63) is 29.5 Å². The highest BCUT2D eigenvalue weighted by molar-refractivity contribution is 5.83. The van der Waals surface area contributed by atoms with Gasteiger partial charge in [-0.3, -0.25) is 4.68 Å². The summed E-state index contributed by atoms with van der Waals surface area (Å²) in [5, 5.41) is 14.0. The number of rotatable bonds is 0. The monoisotopic (exact) mass is 171 g/mol. The Morgan fingerprint density at radius 3 is 2.92 bits per heavy atom. The summed E-state index contributed by atoms with van der Waals surface area (Å²) in [5.41, 5.74) is 2.76. The lowest BCUT2D eigenvalue weighted by atomic mass is 10.1. The minimum Gasteiger partial charge on any atom is -0.268 e. The van der Waals surface area contributed by atoms with Crippen molar-refractivity contribution in [2.24, 2.45) is 7.05 Å². The Balaban J connectivity index is 2.93. The third kappa shape index (κ3) is 0.994. The number of benzene rings is 1. The molecular weight excluding hydrogens is 162 g/mol. The minimum atomic E-state index is 0.719. The van der Waals surface area contributed by atoms with Crippen LogP contribution in [0.25, 0.3) is 10.9 Å². The van der Waals surface area contributed by atoms with Gasteiger partial charge in [0.25, 0.3) is 0 Å². The molecule has 0 spiro atoms. The fraction of sp³-hybridized carbons (Fsp3) is 0.200. The van der Waals surface area contributed by atoms with Gasteiger partial charge < -0.3 is 0 Å². The molecule has 0 unspecified atom stereocenters. The molecule has 0 aliphatic rings. The van der Waals surface area contributed by atoms with Gasteiger partial charge in [-0.05, 0) is 24.6 Å². The first kappa shape index (κ1) is 7.81. The molecule has 2 rings (SSSR count). The molecule has 3 heteroatoms. The summed E-state index contributed by atoms with van der Waals surface area (Å²) in [5.74, 6) is 0. The molecule has 2 aromatic rings. The number of aromatic nitrogens is 2. The van der Waals surface area contributed by atoms with Gasteiger partial charge in [0.15, 0.2) is 0 Å². The van der Waals surface area contributed by atoms with Gasteiger partial charge in [0.05, 0.1) is 23.3 Å². The fourth-order valence-corrected chi connectivity index (χ4v) is 1.58. The van der Waals surface area contributed by atoms with Crippen molar-refractivity contribution in [1.29, 1.82) is 5.26 Å². The second-order valence-corrected chi connectivity index (χ2v) is 3.06. The predicted octanol–water partition coefficient (Wildman–Crippen LogP) is 1.75. The van der Waals surface area contributed by atoms with E-state index in [1.165, 1.54) is 0 Å². The van der Waals surface area contributed by atoms with Crippen molar-refractivity contribution in [2.45, 2.75) is 6.92 Å². The lowest BCUT2D eigenvalue weighted by Gasteiger charge is -2.00. The number of fused-ring (bicyclic) bond motifs is 1. The Kier molecular flexibility index (Phi) is 1.56. The molecular formula is C10H9N3. The standard InChI is InChI=1S/C10H9N3/c1-7-8(5-11)3-4-9-6-12-13(2)10(7)9/h3-4,6H,1-2H3. The van der Waals surface area contributed by atoms with E-state index in [9.17, 15) is 0 Å². The van der Waals surface area contributed by atoms with Gasteiger partial charge in [-0.2, -0.15) is 10.4 Å². The SMILES string of the molecule is Cc1c(C#N)ccc2cnn(C)c12. The molecule has 64 valence electrons. The van der Waals surface area contributed by atoms with E-state index in [-0.39, 0.29) is 0 Å². The second-order valence-electron chi connectivity index (χ2n) is 3.06. The number of nitrogens with zero attached hydrogens (tertiary/aromatic N) is 3. The summed E-state index contributed by atoms with van der Waals surface area (Å²) in [6.07, 6.45) is 1.81. The predicted molar refractivity (Wildman–Crippen MR) is 50.2 cm³/mol. The van der Waals surface area contributed by atoms with Crippen molar-refractivity contribution < 1.29 is 0 Å². The highest BCUT2D eigenvalue weighted by atomic mass is 15.2. The Morgan fingerprint density at radius 2 is 2.23 bits per heavy atom. The normalized spacial score (nSPS) is 10.2. The first-order chi connectivity index (χ1) is 6.24. The van der Waals surface area contributed by atoms with Crippen LogP contribution in [0.5, 0.6) is 0 Å². The highest BCUT2D eigenvalue weighted by Gasteiger charge is 2.06. The number of nitriles is 1. The molecule has 0 aliphatic carbocycles. The summed E-state index contributed by atoms with van der Waals surface area (Å²) in [4.78, 5) is 0. The zero-order valence-corrected chi connectivity index (χ0v) is 7.57. The molecule has 0 bridgehead atoms. The van der Waals surface area contributed by atoms with Gasteiger partial charge in [0.1, 0.15) is 0 Å². The van der Waals surface area contributed by atoms with Crippen LogP contribution >= 0.6 is 0 Å². The molecule has 0 radical (unpaired) electrons. The third-order valence-corrected chi connectivity index (χ3v) is 2.28. The van der Waals surface area contributed by atoms with Crippen LogP contribution in [-0.2, 0) is 7.05 Å². The van der Waals surface area contributed by atoms with Gasteiger partial charge in [-0.1, -0.05) is 0 Å². The molecule has 0 saturated heterocycles. The van der Waals surface area contributed by atoms with Gasteiger partial charge in [0.2, 0.25) is 0 Å². The van der Waals surface area contributed by atoms with Crippen molar-refractivity contribution in [3.8, 4) is 6.07 Å². The lowest BCUT2D eigenvalue weighted by molar-refractivity contribution is 0.794. The van der Waals surface area contributed by atoms with E-state index >= 15 is 0 Å². The average molecular weight is 171 g/mol. The Bertz CT molecular complexity index is 503. The smallest absolute Gasteiger partial charge is 0.0995 e. The molecule has 0 N–H and O–H groups in total. The van der Waals surface area contributed by atoms with Gasteiger partial charge in [-0.15, -0.1) is 0 Å². The number of hydrogen-bond donors (Lipinski definition) is 0. The molecule has 13 heavy (non-hydrogen) atoms. The van der Waals surface area contributed by atoms with E-state index in [1.54, 1.807) is 4.68 Å². The summed E-state index contributed by atoms with van der Waals surface area (Å²) in [6, 6.07) is 5.92. The Hall–Kier alpha value is -1.82. The number of hydrogen-bond acceptors (Lipinski definition) is 2. The first-order valence-corrected chi connectivity index (χ1v) is 4.05. The van der Waals surface area contributed by atoms with E-state index in [4.69, 9.17) is 5.26 Å². The van der Waals surface area contributed by atoms with E-state index in [1.807, 2.05) is 32.3 Å². The fourth-order valence-electron chi connectivity index (χ4n) is 1.58. The van der Waals surface area contributed by atoms with Gasteiger partial charge in [-0.25, -0.2) is 0 Å². The van der Waals surface area contributed by atoms with Crippen LogP contribution in [-0.4, -0.2) is 9.78 Å². The molecule has 0 fully saturated rings. The van der Waals surface area contributed by atoms with Crippen LogP contribution in [0.2, 0.25) is 0 Å². The zero-order chi connectivity index (χ0) is 9.42. The third-order valence-electron chi connectivity index (χ3n) is 2.28. The van der Waals surface area contributed by atoms with E-state index < -0.39 is 0 Å². The Labute approximate surface area is 76.2 Å². The van der Waals surface area contributed by atoms with Crippen LogP contribution in [0.15, 0.2) is 18.3 Å².